The van der Waals surface area contributed by atoms with Crippen molar-refractivity contribution in [3.05, 3.63) is 16.8 Å². The lowest BCUT2D eigenvalue weighted by atomic mass is 10.1. The predicted molar refractivity (Wildman–Crippen MR) is 75.1 cm³/mol. The zero-order chi connectivity index (χ0) is 14.5. The highest BCUT2D eigenvalue weighted by atomic mass is 16.2. The zero-order valence-corrected chi connectivity index (χ0v) is 11.9. The lowest BCUT2D eigenvalue weighted by Crippen LogP contribution is -2.29. The van der Waals surface area contributed by atoms with E-state index < -0.39 is 0 Å². The molecule has 0 aliphatic carbocycles. The first-order valence-corrected chi connectivity index (χ1v) is 6.89. The number of aryl methyl sites for hydroxylation is 1. The van der Waals surface area contributed by atoms with Crippen molar-refractivity contribution >= 4 is 11.7 Å². The first-order chi connectivity index (χ1) is 9.63. The standard InChI is InChI=1S/C14H19N5O/c1-10-11(2)17-18-14(12(10)9-15)16-6-5-13(20)19-7-3-4-8-19/h3-8H2,1-2H3,(H,16,18). The first-order valence-electron chi connectivity index (χ1n) is 6.89. The number of hydrogen-bond donors (Lipinski definition) is 1. The van der Waals surface area contributed by atoms with E-state index in [4.69, 9.17) is 0 Å². The van der Waals surface area contributed by atoms with Gasteiger partial charge in [-0.05, 0) is 32.3 Å². The first kappa shape index (κ1) is 14.3. The molecule has 1 aromatic rings. The molecule has 1 amide bonds. The van der Waals surface area contributed by atoms with Gasteiger partial charge in [0, 0.05) is 26.1 Å². The monoisotopic (exact) mass is 273 g/mol. The number of carbonyl (C=O) groups excluding carboxylic acids is 1. The maximum atomic E-state index is 11.9. The topological polar surface area (TPSA) is 81.9 Å². The van der Waals surface area contributed by atoms with E-state index in [0.29, 0.717) is 24.3 Å². The summed E-state index contributed by atoms with van der Waals surface area (Å²) in [6.07, 6.45) is 2.61. The molecule has 1 saturated heterocycles. The molecule has 1 aliphatic heterocycles. The maximum Gasteiger partial charge on any atom is 0.224 e. The number of nitrogens with zero attached hydrogens (tertiary/aromatic N) is 4. The summed E-state index contributed by atoms with van der Waals surface area (Å²) in [6, 6.07) is 2.14. The van der Waals surface area contributed by atoms with Crippen LogP contribution < -0.4 is 5.32 Å². The highest BCUT2D eigenvalue weighted by Crippen LogP contribution is 2.17. The fourth-order valence-corrected chi connectivity index (χ4v) is 2.28. The highest BCUT2D eigenvalue weighted by Gasteiger charge is 2.17. The molecule has 2 heterocycles. The molecule has 1 N–H and O–H groups in total. The van der Waals surface area contributed by atoms with Gasteiger partial charge in [-0.2, -0.15) is 10.4 Å². The Morgan fingerprint density at radius 2 is 2.05 bits per heavy atom. The molecule has 0 spiro atoms. The van der Waals surface area contributed by atoms with Gasteiger partial charge in [0.2, 0.25) is 5.91 Å². The quantitative estimate of drug-likeness (QED) is 0.896. The minimum atomic E-state index is 0.158. The second kappa shape index (κ2) is 6.33. The van der Waals surface area contributed by atoms with Crippen molar-refractivity contribution in [1.29, 1.82) is 5.26 Å². The van der Waals surface area contributed by atoms with Crippen molar-refractivity contribution in [2.45, 2.75) is 33.1 Å². The fourth-order valence-electron chi connectivity index (χ4n) is 2.28. The third kappa shape index (κ3) is 3.05. The Bertz CT molecular complexity index is 543. The highest BCUT2D eigenvalue weighted by molar-refractivity contribution is 5.77. The summed E-state index contributed by atoms with van der Waals surface area (Å²) < 4.78 is 0. The average Bonchev–Trinajstić information content (AvgIpc) is 2.97. The molecular weight excluding hydrogens is 254 g/mol. The second-order valence-electron chi connectivity index (χ2n) is 5.01. The third-order valence-corrected chi connectivity index (χ3v) is 3.66. The van der Waals surface area contributed by atoms with Crippen molar-refractivity contribution < 1.29 is 4.79 Å². The van der Waals surface area contributed by atoms with Gasteiger partial charge in [-0.25, -0.2) is 0 Å². The molecule has 1 fully saturated rings. The number of likely N-dealkylation sites (tertiary alicyclic amines) is 1. The lowest BCUT2D eigenvalue weighted by molar-refractivity contribution is -0.129. The minimum Gasteiger partial charge on any atom is -0.367 e. The molecule has 2 rings (SSSR count). The van der Waals surface area contributed by atoms with Crippen LogP contribution in [0.1, 0.15) is 36.1 Å². The Morgan fingerprint density at radius 1 is 1.35 bits per heavy atom. The zero-order valence-electron chi connectivity index (χ0n) is 11.9. The Hall–Kier alpha value is -2.16. The van der Waals surface area contributed by atoms with Crippen LogP contribution in [0.4, 0.5) is 5.82 Å². The molecule has 0 saturated carbocycles. The van der Waals surface area contributed by atoms with Crippen LogP contribution in [-0.2, 0) is 4.79 Å². The van der Waals surface area contributed by atoms with Crippen molar-refractivity contribution in [3.63, 3.8) is 0 Å². The van der Waals surface area contributed by atoms with Gasteiger partial charge >= 0.3 is 0 Å². The van der Waals surface area contributed by atoms with Crippen molar-refractivity contribution in [1.82, 2.24) is 15.1 Å². The number of rotatable bonds is 4. The average molecular weight is 273 g/mol. The molecule has 6 nitrogen and oxygen atoms in total. The largest absolute Gasteiger partial charge is 0.367 e. The normalized spacial score (nSPS) is 14.2. The van der Waals surface area contributed by atoms with Gasteiger partial charge < -0.3 is 10.2 Å². The molecule has 6 heteroatoms. The van der Waals surface area contributed by atoms with E-state index >= 15 is 0 Å². The van der Waals surface area contributed by atoms with E-state index in [1.54, 1.807) is 0 Å². The van der Waals surface area contributed by atoms with Gasteiger partial charge in [-0.1, -0.05) is 0 Å². The molecule has 106 valence electrons. The van der Waals surface area contributed by atoms with E-state index in [0.717, 1.165) is 37.2 Å². The van der Waals surface area contributed by atoms with Gasteiger partial charge in [-0.3, -0.25) is 4.79 Å². The maximum absolute atomic E-state index is 11.9. The van der Waals surface area contributed by atoms with Crippen LogP contribution in [0.2, 0.25) is 0 Å². The summed E-state index contributed by atoms with van der Waals surface area (Å²) in [5.41, 5.74) is 2.09. The Balaban J connectivity index is 1.93. The summed E-state index contributed by atoms with van der Waals surface area (Å²) in [5, 5.41) is 20.2. The van der Waals surface area contributed by atoms with Crippen LogP contribution in [0.3, 0.4) is 0 Å². The van der Waals surface area contributed by atoms with E-state index in [1.807, 2.05) is 18.7 Å². The van der Waals surface area contributed by atoms with Crippen LogP contribution in [0.25, 0.3) is 0 Å². The predicted octanol–water partition coefficient (Wildman–Crippen LogP) is 1.39. The minimum absolute atomic E-state index is 0.158. The van der Waals surface area contributed by atoms with Crippen LogP contribution in [0, 0.1) is 25.2 Å². The fraction of sp³-hybridized carbons (Fsp3) is 0.571. The SMILES string of the molecule is Cc1nnc(NCCC(=O)N2CCCC2)c(C#N)c1C. The van der Waals surface area contributed by atoms with Gasteiger partial charge in [0.05, 0.1) is 5.69 Å². The summed E-state index contributed by atoms with van der Waals surface area (Å²) in [5.74, 6) is 0.620. The summed E-state index contributed by atoms with van der Waals surface area (Å²) in [6.45, 7) is 5.88. The van der Waals surface area contributed by atoms with E-state index in [-0.39, 0.29) is 5.91 Å². The molecule has 20 heavy (non-hydrogen) atoms. The Labute approximate surface area is 118 Å². The Morgan fingerprint density at radius 3 is 2.70 bits per heavy atom. The summed E-state index contributed by atoms with van der Waals surface area (Å²) >= 11 is 0. The van der Waals surface area contributed by atoms with Gasteiger partial charge in [0.15, 0.2) is 5.82 Å². The van der Waals surface area contributed by atoms with Gasteiger partial charge in [0.1, 0.15) is 11.6 Å². The van der Waals surface area contributed by atoms with E-state index in [2.05, 4.69) is 21.6 Å². The van der Waals surface area contributed by atoms with E-state index in [9.17, 15) is 10.1 Å². The molecule has 1 aromatic heterocycles. The number of nitrogens with one attached hydrogen (secondary N) is 1. The van der Waals surface area contributed by atoms with Crippen molar-refractivity contribution in [3.8, 4) is 6.07 Å². The Kier molecular flexibility index (Phi) is 4.51. The van der Waals surface area contributed by atoms with Crippen molar-refractivity contribution in [2.24, 2.45) is 0 Å². The second-order valence-corrected chi connectivity index (χ2v) is 5.01. The third-order valence-electron chi connectivity index (χ3n) is 3.66. The van der Waals surface area contributed by atoms with Gasteiger partial charge in [0.25, 0.3) is 0 Å². The van der Waals surface area contributed by atoms with Crippen LogP contribution >= 0.6 is 0 Å². The molecule has 0 bridgehead atoms. The number of amides is 1. The molecular formula is C14H19N5O. The molecule has 0 radical (unpaired) electrons. The molecule has 0 atom stereocenters. The number of carbonyl (C=O) groups is 1. The van der Waals surface area contributed by atoms with Crippen molar-refractivity contribution in [2.75, 3.05) is 25.0 Å². The number of anilines is 1. The molecule has 0 unspecified atom stereocenters. The van der Waals surface area contributed by atoms with Crippen LogP contribution in [-0.4, -0.2) is 40.6 Å². The number of hydrogen-bond acceptors (Lipinski definition) is 5. The van der Waals surface area contributed by atoms with Crippen LogP contribution in [0.5, 0.6) is 0 Å². The summed E-state index contributed by atoms with van der Waals surface area (Å²) in [7, 11) is 0. The van der Waals surface area contributed by atoms with E-state index in [1.165, 1.54) is 0 Å². The molecule has 0 aromatic carbocycles. The smallest absolute Gasteiger partial charge is 0.224 e. The number of aromatic nitrogens is 2. The molecule has 1 aliphatic rings. The van der Waals surface area contributed by atoms with Gasteiger partial charge in [-0.15, -0.1) is 5.10 Å². The lowest BCUT2D eigenvalue weighted by Gasteiger charge is -2.15. The van der Waals surface area contributed by atoms with Crippen LogP contribution in [0.15, 0.2) is 0 Å². The number of nitriles is 1. The summed E-state index contributed by atoms with van der Waals surface area (Å²) in [4.78, 5) is 13.8.